The highest BCUT2D eigenvalue weighted by Gasteiger charge is 2.17. The Morgan fingerprint density at radius 2 is 2.21 bits per heavy atom. The van der Waals surface area contributed by atoms with E-state index in [2.05, 4.69) is 18.8 Å². The summed E-state index contributed by atoms with van der Waals surface area (Å²) in [7, 11) is 0. The Hall–Kier alpha value is -0.910. The third-order valence-corrected chi connectivity index (χ3v) is 3.36. The van der Waals surface area contributed by atoms with Crippen LogP contribution in [0.25, 0.3) is 0 Å². The summed E-state index contributed by atoms with van der Waals surface area (Å²) in [6.07, 6.45) is 5.28. The van der Waals surface area contributed by atoms with Crippen molar-refractivity contribution in [2.45, 2.75) is 51.4 Å². The lowest BCUT2D eigenvalue weighted by Crippen LogP contribution is -2.29. The van der Waals surface area contributed by atoms with Gasteiger partial charge in [-0.1, -0.05) is 13.8 Å². The van der Waals surface area contributed by atoms with Crippen molar-refractivity contribution in [2.75, 3.05) is 19.8 Å². The molecule has 0 amide bonds. The molecule has 108 valence electrons. The van der Waals surface area contributed by atoms with Crippen LogP contribution in [-0.2, 0) is 16.0 Å². The second-order valence-electron chi connectivity index (χ2n) is 5.39. The van der Waals surface area contributed by atoms with Gasteiger partial charge in [-0.25, -0.2) is 4.98 Å². The zero-order valence-corrected chi connectivity index (χ0v) is 11.8. The Labute approximate surface area is 114 Å². The van der Waals surface area contributed by atoms with Gasteiger partial charge in [-0.3, -0.25) is 0 Å². The lowest BCUT2D eigenvalue weighted by Gasteiger charge is -2.24. The summed E-state index contributed by atoms with van der Waals surface area (Å²) in [4.78, 5) is 4.31. The zero-order valence-electron chi connectivity index (χ0n) is 11.8. The largest absolute Gasteiger partial charge is 0.389 e. The Kier molecular flexibility index (Phi) is 5.36. The van der Waals surface area contributed by atoms with Crippen molar-refractivity contribution < 1.29 is 14.6 Å². The van der Waals surface area contributed by atoms with Crippen LogP contribution in [0.15, 0.2) is 12.4 Å². The van der Waals surface area contributed by atoms with Crippen LogP contribution in [0.5, 0.6) is 0 Å². The van der Waals surface area contributed by atoms with Crippen LogP contribution in [0.4, 0.5) is 0 Å². The van der Waals surface area contributed by atoms with Crippen molar-refractivity contribution in [1.29, 1.82) is 0 Å². The maximum atomic E-state index is 10.1. The van der Waals surface area contributed by atoms with E-state index in [1.54, 1.807) is 6.20 Å². The van der Waals surface area contributed by atoms with Gasteiger partial charge in [0.15, 0.2) is 0 Å². The normalized spacial score (nSPS) is 18.9. The van der Waals surface area contributed by atoms with Gasteiger partial charge in [0.05, 0.1) is 25.4 Å². The molecule has 1 aromatic rings. The van der Waals surface area contributed by atoms with Crippen LogP contribution >= 0.6 is 0 Å². The monoisotopic (exact) mass is 268 g/mol. The minimum atomic E-state index is -0.491. The van der Waals surface area contributed by atoms with E-state index in [0.29, 0.717) is 19.1 Å². The first-order valence-corrected chi connectivity index (χ1v) is 7.05. The zero-order chi connectivity index (χ0) is 13.7. The Morgan fingerprint density at radius 3 is 2.89 bits per heavy atom. The van der Waals surface area contributed by atoms with Gasteiger partial charge < -0.3 is 19.1 Å². The SMILES string of the molecule is CC(C)c1nccn1C[C@@H](O)COC1CCOCC1. The third kappa shape index (κ3) is 4.30. The molecule has 2 rings (SSSR count). The van der Waals surface area contributed by atoms with Crippen molar-refractivity contribution in [1.82, 2.24) is 9.55 Å². The van der Waals surface area contributed by atoms with E-state index in [4.69, 9.17) is 9.47 Å². The predicted molar refractivity (Wildman–Crippen MR) is 72.1 cm³/mol. The minimum Gasteiger partial charge on any atom is -0.389 e. The molecule has 0 saturated carbocycles. The summed E-state index contributed by atoms with van der Waals surface area (Å²) in [6.45, 7) is 6.64. The molecule has 0 radical (unpaired) electrons. The van der Waals surface area contributed by atoms with Gasteiger partial charge in [0.2, 0.25) is 0 Å². The average Bonchev–Trinajstić information content (AvgIpc) is 2.86. The molecule has 0 aliphatic carbocycles. The topological polar surface area (TPSA) is 56.5 Å². The molecule has 1 saturated heterocycles. The number of aliphatic hydroxyl groups excluding tert-OH is 1. The lowest BCUT2D eigenvalue weighted by molar-refractivity contribution is -0.0618. The Balaban J connectivity index is 1.77. The van der Waals surface area contributed by atoms with E-state index in [1.807, 2.05) is 10.8 Å². The molecule has 0 bridgehead atoms. The smallest absolute Gasteiger partial charge is 0.111 e. The molecule has 2 heterocycles. The minimum absolute atomic E-state index is 0.232. The summed E-state index contributed by atoms with van der Waals surface area (Å²) < 4.78 is 13.0. The summed E-state index contributed by atoms with van der Waals surface area (Å²) >= 11 is 0. The number of hydrogen-bond acceptors (Lipinski definition) is 4. The van der Waals surface area contributed by atoms with Crippen molar-refractivity contribution in [2.24, 2.45) is 0 Å². The van der Waals surface area contributed by atoms with Crippen LogP contribution in [0.2, 0.25) is 0 Å². The van der Waals surface area contributed by atoms with Gasteiger partial charge in [0, 0.05) is 31.5 Å². The van der Waals surface area contributed by atoms with E-state index in [1.165, 1.54) is 0 Å². The lowest BCUT2D eigenvalue weighted by atomic mass is 10.1. The van der Waals surface area contributed by atoms with E-state index >= 15 is 0 Å². The molecule has 5 nitrogen and oxygen atoms in total. The number of rotatable bonds is 6. The molecule has 5 heteroatoms. The van der Waals surface area contributed by atoms with Gasteiger partial charge in [0.1, 0.15) is 5.82 Å². The molecule has 1 atom stereocenters. The molecule has 1 N–H and O–H groups in total. The Bertz CT molecular complexity index is 373. The second-order valence-corrected chi connectivity index (χ2v) is 5.39. The van der Waals surface area contributed by atoms with Gasteiger partial charge in [-0.05, 0) is 12.8 Å². The summed E-state index contributed by atoms with van der Waals surface area (Å²) in [5.41, 5.74) is 0. The number of imidazole rings is 1. The fourth-order valence-electron chi connectivity index (χ4n) is 2.35. The second kappa shape index (κ2) is 7.03. The molecule has 1 aliphatic rings. The molecule has 0 unspecified atom stereocenters. The van der Waals surface area contributed by atoms with E-state index in [9.17, 15) is 5.11 Å². The van der Waals surface area contributed by atoms with Crippen LogP contribution in [0.1, 0.15) is 38.4 Å². The fourth-order valence-corrected chi connectivity index (χ4v) is 2.35. The average molecular weight is 268 g/mol. The predicted octanol–water partition coefficient (Wildman–Crippen LogP) is 1.56. The van der Waals surface area contributed by atoms with Crippen molar-refractivity contribution in [3.63, 3.8) is 0 Å². The van der Waals surface area contributed by atoms with Crippen LogP contribution in [-0.4, -0.2) is 46.7 Å². The van der Waals surface area contributed by atoms with Gasteiger partial charge >= 0.3 is 0 Å². The molecular weight excluding hydrogens is 244 g/mol. The van der Waals surface area contributed by atoms with Gasteiger partial charge in [-0.2, -0.15) is 0 Å². The van der Waals surface area contributed by atoms with Crippen molar-refractivity contribution >= 4 is 0 Å². The van der Waals surface area contributed by atoms with Crippen LogP contribution in [0, 0.1) is 0 Å². The quantitative estimate of drug-likeness (QED) is 0.850. The maximum absolute atomic E-state index is 10.1. The molecule has 0 aromatic carbocycles. The standard InChI is InChI=1S/C14H24N2O3/c1-11(2)14-15-5-6-16(14)9-12(17)10-19-13-3-7-18-8-4-13/h5-6,11-13,17H,3-4,7-10H2,1-2H3/t12-/m1/s1. The molecule has 19 heavy (non-hydrogen) atoms. The third-order valence-electron chi connectivity index (χ3n) is 3.36. The van der Waals surface area contributed by atoms with Gasteiger partial charge in [-0.15, -0.1) is 0 Å². The fraction of sp³-hybridized carbons (Fsp3) is 0.786. The highest BCUT2D eigenvalue weighted by Crippen LogP contribution is 2.14. The number of aromatic nitrogens is 2. The highest BCUT2D eigenvalue weighted by molar-refractivity contribution is 4.97. The first-order valence-electron chi connectivity index (χ1n) is 7.05. The number of hydrogen-bond donors (Lipinski definition) is 1. The Morgan fingerprint density at radius 1 is 1.47 bits per heavy atom. The first-order chi connectivity index (χ1) is 9.16. The van der Waals surface area contributed by atoms with Crippen molar-refractivity contribution in [3.8, 4) is 0 Å². The molecule has 1 aliphatic heterocycles. The van der Waals surface area contributed by atoms with E-state index < -0.39 is 6.10 Å². The first kappa shape index (κ1) is 14.5. The molecule has 0 spiro atoms. The molecular formula is C14H24N2O3. The highest BCUT2D eigenvalue weighted by atomic mass is 16.5. The number of nitrogens with zero attached hydrogens (tertiary/aromatic N) is 2. The maximum Gasteiger partial charge on any atom is 0.111 e. The number of ether oxygens (including phenoxy) is 2. The molecule has 1 fully saturated rings. The summed E-state index contributed by atoms with van der Waals surface area (Å²) in [6, 6.07) is 0. The number of aliphatic hydroxyl groups is 1. The van der Waals surface area contributed by atoms with E-state index in [-0.39, 0.29) is 6.10 Å². The van der Waals surface area contributed by atoms with Crippen molar-refractivity contribution in [3.05, 3.63) is 18.2 Å². The van der Waals surface area contributed by atoms with E-state index in [0.717, 1.165) is 31.9 Å². The van der Waals surface area contributed by atoms with Crippen LogP contribution < -0.4 is 0 Å². The summed E-state index contributed by atoms with van der Waals surface area (Å²) in [5.74, 6) is 1.36. The molecule has 1 aromatic heterocycles. The van der Waals surface area contributed by atoms with Gasteiger partial charge in [0.25, 0.3) is 0 Å². The summed E-state index contributed by atoms with van der Waals surface area (Å²) in [5, 5.41) is 10.1. The van der Waals surface area contributed by atoms with Crippen LogP contribution in [0.3, 0.4) is 0 Å².